The Kier molecular flexibility index (Phi) is 69.0. The lowest BCUT2D eigenvalue weighted by Gasteiger charge is -2.24. The molecule has 0 saturated carbocycles. The van der Waals surface area contributed by atoms with Gasteiger partial charge in [-0.05, 0) is 50.1 Å². The van der Waals surface area contributed by atoms with Crippen LogP contribution in [0.25, 0.3) is 0 Å². The van der Waals surface area contributed by atoms with Crippen LogP contribution >= 0.6 is 136 Å². The molecule has 0 amide bonds. The van der Waals surface area contributed by atoms with Crippen molar-refractivity contribution >= 4 is 142 Å². The van der Waals surface area contributed by atoms with Crippen molar-refractivity contribution in [1.82, 2.24) is 41.7 Å². The van der Waals surface area contributed by atoms with E-state index in [1.807, 2.05) is 0 Å². The molecule has 290 valence electrons. The van der Waals surface area contributed by atoms with Crippen LogP contribution in [0.3, 0.4) is 0 Å². The Balaban J connectivity index is -0.000000185. The first kappa shape index (κ1) is 67.3. The van der Waals surface area contributed by atoms with Crippen molar-refractivity contribution in [2.75, 3.05) is 105 Å². The number of benzene rings is 1. The molecule has 0 spiro atoms. The first-order chi connectivity index (χ1) is 18.6. The molecule has 1 aromatic rings. The minimum atomic E-state index is -0.833. The first-order valence-corrected chi connectivity index (χ1v) is 14.6. The summed E-state index contributed by atoms with van der Waals surface area (Å²) in [6, 6.07) is 9.35. The second-order valence-corrected chi connectivity index (χ2v) is 10.1. The monoisotopic (exact) mass is 1190 g/mol. The lowest BCUT2D eigenvalue weighted by molar-refractivity contribution is -0.134. The summed E-state index contributed by atoms with van der Waals surface area (Å²) in [4.78, 5) is 14.1. The van der Waals surface area contributed by atoms with Gasteiger partial charge in [0.05, 0.1) is 0 Å². The number of carboxylic acid groups (broad SMARTS) is 1. The normalized spacial score (nSPS) is 17.0. The van der Waals surface area contributed by atoms with Gasteiger partial charge in [-0.2, -0.15) is 0 Å². The van der Waals surface area contributed by atoms with Crippen LogP contribution in [-0.4, -0.2) is 131 Å². The van der Waals surface area contributed by atoms with E-state index in [1.54, 1.807) is 0 Å². The molecule has 1 aromatic carbocycles. The highest BCUT2D eigenvalue weighted by Gasteiger charge is 2.09. The molecule has 47 heavy (non-hydrogen) atoms. The second-order valence-electron chi connectivity index (χ2n) is 10.1. The number of nitrogens with zero attached hydrogens (tertiary/aromatic N) is 2. The molecule has 0 radical (unpaired) electrons. The molecular weight excluding hydrogens is 1140 g/mol. The maximum absolute atomic E-state index is 9.00. The summed E-state index contributed by atoms with van der Waals surface area (Å²) in [7, 11) is 0. The Labute approximate surface area is 368 Å². The Morgan fingerprint density at radius 3 is 0.979 bits per heavy atom. The molecular formula is C28H64Br8N8O3. The fourth-order valence-corrected chi connectivity index (χ4v) is 4.54. The van der Waals surface area contributed by atoms with E-state index in [0.29, 0.717) is 0 Å². The molecule has 2 heterocycles. The number of halogens is 8. The molecule has 0 atom stereocenters. The van der Waals surface area contributed by atoms with Gasteiger partial charge in [-0.25, -0.2) is 0 Å². The van der Waals surface area contributed by atoms with Crippen molar-refractivity contribution in [1.29, 1.82) is 0 Å². The van der Waals surface area contributed by atoms with Gasteiger partial charge in [0.2, 0.25) is 0 Å². The maximum Gasteiger partial charge on any atom is 0.300 e. The van der Waals surface area contributed by atoms with Gasteiger partial charge < -0.3 is 42.5 Å². The smallest absolute Gasteiger partial charge is 0.300 e. The highest BCUT2D eigenvalue weighted by atomic mass is 79.9. The van der Waals surface area contributed by atoms with Gasteiger partial charge in [-0.3, -0.25) is 14.6 Å². The van der Waals surface area contributed by atoms with Gasteiger partial charge in [0.1, 0.15) is 0 Å². The summed E-state index contributed by atoms with van der Waals surface area (Å²) in [6.45, 7) is 20.3. The van der Waals surface area contributed by atoms with Gasteiger partial charge in [-0.1, -0.05) is 24.3 Å². The number of carboxylic acids is 1. The van der Waals surface area contributed by atoms with Crippen molar-refractivity contribution in [3.05, 3.63) is 35.4 Å². The zero-order valence-corrected chi connectivity index (χ0v) is 41.2. The van der Waals surface area contributed by atoms with E-state index in [2.05, 4.69) is 66.0 Å². The second kappa shape index (κ2) is 48.2. The van der Waals surface area contributed by atoms with E-state index >= 15 is 0 Å². The Hall–Kier alpha value is 2.17. The molecule has 2 aliphatic rings. The fraction of sp³-hybridized carbons (Fsp3) is 0.750. The topological polar surface area (TPSA) is 147 Å². The predicted octanol–water partition coefficient (Wildman–Crippen LogP) is 3.53. The van der Waals surface area contributed by atoms with Crippen molar-refractivity contribution in [2.45, 2.75) is 32.9 Å². The highest BCUT2D eigenvalue weighted by molar-refractivity contribution is 8.93. The molecule has 11 nitrogen and oxygen atoms in total. The van der Waals surface area contributed by atoms with E-state index in [1.165, 1.54) is 24.0 Å². The number of hydrogen-bond acceptors (Lipinski definition) is 9. The zero-order chi connectivity index (χ0) is 27.1. The lowest BCUT2D eigenvalue weighted by atomic mass is 10.1. The quantitative estimate of drug-likeness (QED) is 0.239. The SMILES string of the molecule is Br.Br.Br.Br.Br.Br.Br.Br.CC(=O)O.O.c1cc(CN2CCNCCCNCCNCC2)ccc1CN1CCNCCCNCCNCC1. The molecule has 0 aliphatic carbocycles. The molecule has 0 unspecified atom stereocenters. The van der Waals surface area contributed by atoms with Gasteiger partial charge >= 0.3 is 0 Å². The molecule has 9 N–H and O–H groups in total. The van der Waals surface area contributed by atoms with E-state index in [-0.39, 0.29) is 141 Å². The fourth-order valence-electron chi connectivity index (χ4n) is 4.54. The summed E-state index contributed by atoms with van der Waals surface area (Å²) in [5, 5.41) is 28.8. The minimum absolute atomic E-state index is 0. The Bertz CT molecular complexity index is 656. The van der Waals surface area contributed by atoms with Crippen molar-refractivity contribution in [2.24, 2.45) is 0 Å². The van der Waals surface area contributed by atoms with Crippen LogP contribution in [0.15, 0.2) is 24.3 Å². The first-order valence-electron chi connectivity index (χ1n) is 14.6. The third-order valence-corrected chi connectivity index (χ3v) is 6.63. The largest absolute Gasteiger partial charge is 0.481 e. The van der Waals surface area contributed by atoms with Crippen molar-refractivity contribution in [3.63, 3.8) is 0 Å². The Morgan fingerprint density at radius 1 is 0.511 bits per heavy atom. The number of nitrogens with one attached hydrogen (secondary N) is 6. The van der Waals surface area contributed by atoms with Crippen LogP contribution in [-0.2, 0) is 17.9 Å². The Morgan fingerprint density at radius 2 is 0.723 bits per heavy atom. The molecule has 2 fully saturated rings. The third-order valence-electron chi connectivity index (χ3n) is 6.63. The van der Waals surface area contributed by atoms with Crippen molar-refractivity contribution < 1.29 is 15.4 Å². The van der Waals surface area contributed by atoms with Gasteiger partial charge in [0.25, 0.3) is 5.97 Å². The summed E-state index contributed by atoms with van der Waals surface area (Å²) in [5.41, 5.74) is 2.83. The van der Waals surface area contributed by atoms with Crippen LogP contribution in [0, 0.1) is 0 Å². The minimum Gasteiger partial charge on any atom is -0.481 e. The van der Waals surface area contributed by atoms with Crippen LogP contribution in [0.5, 0.6) is 0 Å². The average Bonchev–Trinajstić information content (AvgIpc) is 2.94. The summed E-state index contributed by atoms with van der Waals surface area (Å²) < 4.78 is 0. The summed E-state index contributed by atoms with van der Waals surface area (Å²) in [6.07, 6.45) is 2.39. The number of carbonyl (C=O) groups is 1. The number of rotatable bonds is 4. The molecule has 0 aromatic heterocycles. The summed E-state index contributed by atoms with van der Waals surface area (Å²) >= 11 is 0. The third kappa shape index (κ3) is 40.8. The lowest BCUT2D eigenvalue weighted by Crippen LogP contribution is -2.37. The molecule has 3 rings (SSSR count). The standard InChI is InChI=1S/C26H50N8.C2H4O2.8BrH.H2O/c1-7-27-11-13-31-17-21-33(19-15-29-9-1)23-25-3-5-26(6-4-25)24-34-20-16-30-10-2-8-28-12-14-32-18-22-34;1-2(3)4;;;;;;;;;/h3-6,27-32H,1-2,7-24H2;1H3,(H,3,4);8*1H;1H2. The van der Waals surface area contributed by atoms with Crippen LogP contribution in [0.2, 0.25) is 0 Å². The zero-order valence-electron chi connectivity index (χ0n) is 27.5. The van der Waals surface area contributed by atoms with Gasteiger partial charge in [-0.15, -0.1) is 136 Å². The number of hydrogen-bond donors (Lipinski definition) is 7. The molecule has 0 bridgehead atoms. The van der Waals surface area contributed by atoms with E-state index < -0.39 is 5.97 Å². The molecule has 19 heteroatoms. The maximum atomic E-state index is 9.00. The van der Waals surface area contributed by atoms with E-state index in [4.69, 9.17) is 9.90 Å². The molecule has 2 saturated heterocycles. The average molecular weight is 1200 g/mol. The molecule has 2 aliphatic heterocycles. The predicted molar refractivity (Wildman–Crippen MR) is 243 cm³/mol. The highest BCUT2D eigenvalue weighted by Crippen LogP contribution is 2.10. The van der Waals surface area contributed by atoms with E-state index in [9.17, 15) is 0 Å². The van der Waals surface area contributed by atoms with E-state index in [0.717, 1.165) is 125 Å². The number of aliphatic carboxylic acids is 1. The van der Waals surface area contributed by atoms with Gasteiger partial charge in [0.15, 0.2) is 0 Å². The van der Waals surface area contributed by atoms with Crippen LogP contribution in [0.1, 0.15) is 30.9 Å². The summed E-state index contributed by atoms with van der Waals surface area (Å²) in [5.74, 6) is -0.833. The van der Waals surface area contributed by atoms with Crippen molar-refractivity contribution in [3.8, 4) is 0 Å². The van der Waals surface area contributed by atoms with Crippen LogP contribution in [0.4, 0.5) is 0 Å². The van der Waals surface area contributed by atoms with Crippen LogP contribution < -0.4 is 31.9 Å². The van der Waals surface area contributed by atoms with Gasteiger partial charge in [0, 0.05) is 98.6 Å².